The standard InChI is InChI=1S/C17H28N2O3/c1-16(2,3)22-15(20)19-13-7-8-14(19)12-17(21,11-13)9-5-4-6-10-18/h13-14,21H,4-9,11-12H2,1-3H3. The van der Waals surface area contributed by atoms with Crippen LogP contribution in [-0.2, 0) is 4.74 Å². The van der Waals surface area contributed by atoms with Crippen LogP contribution in [0.3, 0.4) is 0 Å². The molecule has 2 atom stereocenters. The predicted molar refractivity (Wildman–Crippen MR) is 83.1 cm³/mol. The van der Waals surface area contributed by atoms with Gasteiger partial charge in [0.2, 0.25) is 0 Å². The second-order valence-electron chi connectivity index (χ2n) is 7.77. The highest BCUT2D eigenvalue weighted by Crippen LogP contribution is 2.43. The molecule has 2 saturated heterocycles. The smallest absolute Gasteiger partial charge is 0.410 e. The van der Waals surface area contributed by atoms with Crippen molar-refractivity contribution < 1.29 is 14.6 Å². The quantitative estimate of drug-likeness (QED) is 0.808. The molecule has 124 valence electrons. The van der Waals surface area contributed by atoms with Crippen LogP contribution >= 0.6 is 0 Å². The number of carbonyl (C=O) groups is 1. The van der Waals surface area contributed by atoms with E-state index in [-0.39, 0.29) is 18.2 Å². The van der Waals surface area contributed by atoms with Gasteiger partial charge in [-0.05, 0) is 65.7 Å². The minimum atomic E-state index is -0.681. The van der Waals surface area contributed by atoms with Crippen LogP contribution in [0.1, 0.15) is 72.1 Å². The van der Waals surface area contributed by atoms with Crippen LogP contribution in [0.2, 0.25) is 0 Å². The van der Waals surface area contributed by atoms with Crippen molar-refractivity contribution >= 4 is 6.09 Å². The summed E-state index contributed by atoms with van der Waals surface area (Å²) < 4.78 is 5.51. The first-order valence-corrected chi connectivity index (χ1v) is 8.35. The summed E-state index contributed by atoms with van der Waals surface area (Å²) in [4.78, 5) is 14.2. The zero-order chi connectivity index (χ0) is 16.4. The molecule has 1 amide bonds. The van der Waals surface area contributed by atoms with Crippen molar-refractivity contribution in [1.29, 1.82) is 5.26 Å². The monoisotopic (exact) mass is 308 g/mol. The van der Waals surface area contributed by atoms with Gasteiger partial charge in [0.25, 0.3) is 0 Å². The van der Waals surface area contributed by atoms with E-state index in [1.165, 1.54) is 0 Å². The molecular formula is C17H28N2O3. The van der Waals surface area contributed by atoms with E-state index in [2.05, 4.69) is 6.07 Å². The largest absolute Gasteiger partial charge is 0.444 e. The summed E-state index contributed by atoms with van der Waals surface area (Å²) in [6.45, 7) is 5.63. The summed E-state index contributed by atoms with van der Waals surface area (Å²) in [7, 11) is 0. The molecule has 2 heterocycles. The minimum absolute atomic E-state index is 0.0922. The summed E-state index contributed by atoms with van der Waals surface area (Å²) in [5, 5.41) is 19.4. The normalized spacial score (nSPS) is 31.0. The fourth-order valence-corrected chi connectivity index (χ4v) is 3.80. The van der Waals surface area contributed by atoms with Gasteiger partial charge in [-0.15, -0.1) is 0 Å². The highest BCUT2D eigenvalue weighted by atomic mass is 16.6. The third-order valence-corrected chi connectivity index (χ3v) is 4.64. The van der Waals surface area contributed by atoms with E-state index in [9.17, 15) is 9.90 Å². The summed E-state index contributed by atoms with van der Waals surface area (Å²) >= 11 is 0. The Morgan fingerprint density at radius 3 is 2.41 bits per heavy atom. The highest BCUT2D eigenvalue weighted by molar-refractivity contribution is 5.69. The number of ether oxygens (including phenoxy) is 1. The topological polar surface area (TPSA) is 73.6 Å². The van der Waals surface area contributed by atoms with Crippen molar-refractivity contribution in [2.75, 3.05) is 0 Å². The molecule has 2 aliphatic rings. The van der Waals surface area contributed by atoms with Crippen molar-refractivity contribution in [3.63, 3.8) is 0 Å². The first kappa shape index (κ1) is 17.1. The Bertz CT molecular complexity index is 436. The van der Waals surface area contributed by atoms with Crippen LogP contribution in [0.5, 0.6) is 0 Å². The maximum atomic E-state index is 12.4. The van der Waals surface area contributed by atoms with E-state index in [0.717, 1.165) is 32.1 Å². The van der Waals surface area contributed by atoms with Crippen LogP contribution in [0, 0.1) is 11.3 Å². The molecule has 0 aromatic heterocycles. The summed E-state index contributed by atoms with van der Waals surface area (Å²) in [6, 6.07) is 2.32. The lowest BCUT2D eigenvalue weighted by Gasteiger charge is -2.44. The SMILES string of the molecule is CC(C)(C)OC(=O)N1C2CCC1CC(O)(CCCCC#N)C2. The number of hydrogen-bond acceptors (Lipinski definition) is 4. The number of rotatable bonds is 4. The van der Waals surface area contributed by atoms with E-state index in [1.54, 1.807) is 0 Å². The van der Waals surface area contributed by atoms with Gasteiger partial charge in [-0.3, -0.25) is 0 Å². The molecule has 0 spiro atoms. The average molecular weight is 308 g/mol. The number of fused-ring (bicyclic) bond motifs is 2. The zero-order valence-corrected chi connectivity index (χ0v) is 14.0. The molecule has 0 aliphatic carbocycles. The van der Waals surface area contributed by atoms with Crippen molar-refractivity contribution in [3.05, 3.63) is 0 Å². The maximum Gasteiger partial charge on any atom is 0.410 e. The Morgan fingerprint density at radius 2 is 1.91 bits per heavy atom. The predicted octanol–water partition coefficient (Wildman–Crippen LogP) is 3.36. The number of piperidine rings is 1. The summed E-state index contributed by atoms with van der Waals surface area (Å²) in [5.41, 5.74) is -1.17. The van der Waals surface area contributed by atoms with Gasteiger partial charge < -0.3 is 14.7 Å². The molecule has 0 aromatic carbocycles. The highest BCUT2D eigenvalue weighted by Gasteiger charge is 2.49. The summed E-state index contributed by atoms with van der Waals surface area (Å²) in [6.07, 6.45) is 5.90. The molecule has 0 radical (unpaired) electrons. The lowest BCUT2D eigenvalue weighted by Crippen LogP contribution is -2.54. The van der Waals surface area contributed by atoms with Gasteiger partial charge in [0.1, 0.15) is 5.60 Å². The first-order chi connectivity index (χ1) is 10.2. The minimum Gasteiger partial charge on any atom is -0.444 e. The molecule has 2 fully saturated rings. The van der Waals surface area contributed by atoms with Crippen molar-refractivity contribution in [2.24, 2.45) is 0 Å². The number of unbranched alkanes of at least 4 members (excludes halogenated alkanes) is 2. The van der Waals surface area contributed by atoms with Gasteiger partial charge in [0.05, 0.1) is 11.7 Å². The number of nitriles is 1. The van der Waals surface area contributed by atoms with Gasteiger partial charge in [-0.1, -0.05) is 0 Å². The van der Waals surface area contributed by atoms with Gasteiger partial charge >= 0.3 is 6.09 Å². The van der Waals surface area contributed by atoms with E-state index >= 15 is 0 Å². The lowest BCUT2D eigenvalue weighted by molar-refractivity contribution is -0.0634. The Morgan fingerprint density at radius 1 is 1.32 bits per heavy atom. The number of nitrogens with zero attached hydrogens (tertiary/aromatic N) is 2. The second kappa shape index (κ2) is 6.45. The van der Waals surface area contributed by atoms with E-state index in [0.29, 0.717) is 19.3 Å². The number of amides is 1. The first-order valence-electron chi connectivity index (χ1n) is 8.35. The van der Waals surface area contributed by atoms with Crippen molar-refractivity contribution in [2.45, 2.75) is 95.4 Å². The molecule has 5 heteroatoms. The summed E-state index contributed by atoms with van der Waals surface area (Å²) in [5.74, 6) is 0. The van der Waals surface area contributed by atoms with Crippen LogP contribution < -0.4 is 0 Å². The van der Waals surface area contributed by atoms with Crippen LogP contribution in [0.4, 0.5) is 4.79 Å². The van der Waals surface area contributed by atoms with Crippen LogP contribution in [0.15, 0.2) is 0 Å². The van der Waals surface area contributed by atoms with Gasteiger partial charge in [0, 0.05) is 18.5 Å². The molecule has 0 saturated carbocycles. The van der Waals surface area contributed by atoms with Gasteiger partial charge in [-0.25, -0.2) is 4.79 Å². The van der Waals surface area contributed by atoms with Gasteiger partial charge in [-0.2, -0.15) is 5.26 Å². The van der Waals surface area contributed by atoms with Gasteiger partial charge in [0.15, 0.2) is 0 Å². The molecule has 0 aromatic rings. The Hall–Kier alpha value is -1.28. The van der Waals surface area contributed by atoms with Crippen LogP contribution in [-0.4, -0.2) is 39.4 Å². The third-order valence-electron chi connectivity index (χ3n) is 4.64. The number of aliphatic hydroxyl groups is 1. The Kier molecular flexibility index (Phi) is 5.01. The molecule has 22 heavy (non-hydrogen) atoms. The fourth-order valence-electron chi connectivity index (χ4n) is 3.80. The average Bonchev–Trinajstić information content (AvgIpc) is 2.67. The molecule has 2 aliphatic heterocycles. The number of hydrogen-bond donors (Lipinski definition) is 1. The maximum absolute atomic E-state index is 12.4. The molecule has 2 rings (SSSR count). The molecule has 2 bridgehead atoms. The second-order valence-corrected chi connectivity index (χ2v) is 7.77. The van der Waals surface area contributed by atoms with Crippen LogP contribution in [0.25, 0.3) is 0 Å². The fraction of sp³-hybridized carbons (Fsp3) is 0.882. The van der Waals surface area contributed by atoms with E-state index in [4.69, 9.17) is 10.00 Å². The van der Waals surface area contributed by atoms with Crippen molar-refractivity contribution in [1.82, 2.24) is 4.90 Å². The lowest BCUT2D eigenvalue weighted by atomic mass is 9.82. The molecule has 1 N–H and O–H groups in total. The molecule has 2 unspecified atom stereocenters. The number of carbonyl (C=O) groups excluding carboxylic acids is 1. The Balaban J connectivity index is 1.94. The third kappa shape index (κ3) is 4.13. The molecular weight excluding hydrogens is 280 g/mol. The van der Waals surface area contributed by atoms with Crippen molar-refractivity contribution in [3.8, 4) is 6.07 Å². The Labute approximate surface area is 133 Å². The zero-order valence-electron chi connectivity index (χ0n) is 14.0. The molecule has 5 nitrogen and oxygen atoms in total. The van der Waals surface area contributed by atoms with E-state index in [1.807, 2.05) is 25.7 Å². The van der Waals surface area contributed by atoms with E-state index < -0.39 is 11.2 Å².